The number of aromatic nitrogens is 2. The number of aliphatic hydroxyl groups is 1. The number of ether oxygens (including phenoxy) is 1. The lowest BCUT2D eigenvalue weighted by atomic mass is 10.1. The van der Waals surface area contributed by atoms with E-state index in [1.807, 2.05) is 6.07 Å². The number of carbonyl (C=O) groups is 2. The summed E-state index contributed by atoms with van der Waals surface area (Å²) in [5.74, 6) is -0.0806. The van der Waals surface area contributed by atoms with Gasteiger partial charge in [-0.3, -0.25) is 19.6 Å². The van der Waals surface area contributed by atoms with E-state index in [2.05, 4.69) is 20.4 Å². The van der Waals surface area contributed by atoms with Gasteiger partial charge in [-0.1, -0.05) is 12.1 Å². The molecule has 1 aromatic carbocycles. The highest BCUT2D eigenvalue weighted by molar-refractivity contribution is 5.93. The zero-order valence-corrected chi connectivity index (χ0v) is 16.4. The minimum Gasteiger partial charge on any atom is -0.507 e. The highest BCUT2D eigenvalue weighted by Crippen LogP contribution is 2.28. The summed E-state index contributed by atoms with van der Waals surface area (Å²) < 4.78 is 5.78. The lowest BCUT2D eigenvalue weighted by molar-refractivity contribution is -0.122. The number of H-pyrrole nitrogens is 1. The van der Waals surface area contributed by atoms with Crippen LogP contribution in [0.1, 0.15) is 23.3 Å². The molecule has 1 aromatic heterocycles. The van der Waals surface area contributed by atoms with Crippen molar-refractivity contribution in [3.05, 3.63) is 36.0 Å². The molecule has 5 N–H and O–H groups in total. The number of aromatic hydroxyl groups is 1. The van der Waals surface area contributed by atoms with Crippen LogP contribution in [0.5, 0.6) is 5.75 Å². The molecule has 0 bridgehead atoms. The van der Waals surface area contributed by atoms with Gasteiger partial charge in [0, 0.05) is 37.3 Å². The van der Waals surface area contributed by atoms with Gasteiger partial charge in [-0.25, -0.2) is 0 Å². The minimum atomic E-state index is -0.250. The average molecular weight is 418 g/mol. The van der Waals surface area contributed by atoms with Gasteiger partial charge in [0.1, 0.15) is 11.4 Å². The number of carbonyl (C=O) groups excluding carboxylic acids is 1. The summed E-state index contributed by atoms with van der Waals surface area (Å²) in [7, 11) is 0. The molecule has 0 saturated carbocycles. The Kier molecular flexibility index (Phi) is 7.39. The molecule has 1 amide bonds. The van der Waals surface area contributed by atoms with Gasteiger partial charge in [-0.05, 0) is 31.0 Å². The van der Waals surface area contributed by atoms with Crippen LogP contribution < -0.4 is 5.32 Å². The highest BCUT2D eigenvalue weighted by atomic mass is 16.5. The number of amides is 1. The second-order valence-electron chi connectivity index (χ2n) is 7.27. The molecule has 0 unspecified atom stereocenters. The summed E-state index contributed by atoms with van der Waals surface area (Å²) in [6.07, 6.45) is 1.55. The fraction of sp³-hybridized carbons (Fsp3) is 0.450. The van der Waals surface area contributed by atoms with Gasteiger partial charge in [-0.2, -0.15) is 5.10 Å². The minimum absolute atomic E-state index is 0.0517. The van der Waals surface area contributed by atoms with Crippen LogP contribution in [0, 0.1) is 0 Å². The molecule has 0 spiro atoms. The Morgan fingerprint density at radius 3 is 2.87 bits per heavy atom. The van der Waals surface area contributed by atoms with Gasteiger partial charge in [-0.15, -0.1) is 0 Å². The number of rotatable bonds is 5. The first-order chi connectivity index (χ1) is 14.5. The molecular weight excluding hydrogens is 392 g/mol. The second kappa shape index (κ2) is 10.2. The van der Waals surface area contributed by atoms with Crippen molar-refractivity contribution >= 4 is 12.4 Å². The van der Waals surface area contributed by atoms with Crippen molar-refractivity contribution < 1.29 is 29.6 Å². The first kappa shape index (κ1) is 21.8. The van der Waals surface area contributed by atoms with Gasteiger partial charge >= 0.3 is 0 Å². The van der Waals surface area contributed by atoms with Crippen LogP contribution in [0.3, 0.4) is 0 Å². The third-order valence-corrected chi connectivity index (χ3v) is 5.28. The largest absolute Gasteiger partial charge is 0.507 e. The molecule has 162 valence electrons. The first-order valence-corrected chi connectivity index (χ1v) is 9.74. The molecule has 2 fully saturated rings. The Morgan fingerprint density at radius 1 is 1.37 bits per heavy atom. The number of phenolic OH excluding ortho intramolecular Hbond substituents is 1. The number of para-hydroxylation sites is 1. The van der Waals surface area contributed by atoms with Crippen molar-refractivity contribution in [1.29, 1.82) is 0 Å². The first-order valence-electron chi connectivity index (χ1n) is 9.74. The van der Waals surface area contributed by atoms with E-state index in [-0.39, 0.29) is 36.9 Å². The summed E-state index contributed by atoms with van der Waals surface area (Å²) in [6, 6.07) is 8.90. The number of benzene rings is 1. The van der Waals surface area contributed by atoms with Gasteiger partial charge in [0.05, 0.1) is 18.4 Å². The Bertz CT molecular complexity index is 857. The molecule has 30 heavy (non-hydrogen) atoms. The summed E-state index contributed by atoms with van der Waals surface area (Å²) in [5.41, 5.74) is 1.48. The third-order valence-electron chi connectivity index (χ3n) is 5.28. The van der Waals surface area contributed by atoms with E-state index in [0.717, 1.165) is 19.5 Å². The maximum absolute atomic E-state index is 12.6. The van der Waals surface area contributed by atoms with Crippen molar-refractivity contribution in [3.63, 3.8) is 0 Å². The monoisotopic (exact) mass is 418 g/mol. The van der Waals surface area contributed by atoms with Crippen LogP contribution in [0.4, 0.5) is 0 Å². The van der Waals surface area contributed by atoms with Crippen molar-refractivity contribution in [2.75, 3.05) is 26.3 Å². The fourth-order valence-electron chi connectivity index (χ4n) is 3.90. The Morgan fingerprint density at radius 2 is 2.13 bits per heavy atom. The Labute approximate surface area is 173 Å². The van der Waals surface area contributed by atoms with Crippen molar-refractivity contribution in [2.24, 2.45) is 0 Å². The lowest BCUT2D eigenvalue weighted by Crippen LogP contribution is -2.46. The highest BCUT2D eigenvalue weighted by Gasteiger charge is 2.37. The lowest BCUT2D eigenvalue weighted by Gasteiger charge is -2.34. The normalized spacial score (nSPS) is 23.2. The zero-order valence-electron chi connectivity index (χ0n) is 16.4. The summed E-state index contributed by atoms with van der Waals surface area (Å²) in [4.78, 5) is 23.3. The third kappa shape index (κ3) is 5.15. The number of carboxylic acid groups (broad SMARTS) is 1. The SMILES string of the molecule is O=C(N[C@H]1C[C@H]2CO[C@@H](CCO)CN2C1)c1cc(-c2ccccc2O)n[nH]1.O=CO. The van der Waals surface area contributed by atoms with Crippen LogP contribution in [0.2, 0.25) is 0 Å². The van der Waals surface area contributed by atoms with E-state index >= 15 is 0 Å². The number of morpholine rings is 1. The predicted molar refractivity (Wildman–Crippen MR) is 107 cm³/mol. The molecule has 2 aromatic rings. The van der Waals surface area contributed by atoms with Gasteiger partial charge in [0.2, 0.25) is 0 Å². The van der Waals surface area contributed by atoms with Crippen molar-refractivity contribution in [3.8, 4) is 17.0 Å². The van der Waals surface area contributed by atoms with Gasteiger partial charge in [0.25, 0.3) is 12.4 Å². The number of aromatic amines is 1. The molecule has 10 heteroatoms. The number of hydrogen-bond acceptors (Lipinski definition) is 7. The Hall–Kier alpha value is -2.95. The smallest absolute Gasteiger partial charge is 0.290 e. The van der Waals surface area contributed by atoms with E-state index in [1.165, 1.54) is 0 Å². The molecule has 0 radical (unpaired) electrons. The van der Waals surface area contributed by atoms with E-state index < -0.39 is 0 Å². The topological polar surface area (TPSA) is 148 Å². The maximum Gasteiger partial charge on any atom is 0.290 e. The molecule has 3 heterocycles. The number of fused-ring (bicyclic) bond motifs is 1. The molecular formula is C20H26N4O6. The summed E-state index contributed by atoms with van der Waals surface area (Å²) in [6.45, 7) is 2.09. The number of phenols is 1. The molecule has 2 aliphatic heterocycles. The standard InChI is InChI=1S/C19H24N4O4.CH2O2/c24-6-5-14-10-23-9-12(7-13(23)11-27-14)20-19(26)17-8-16(21-22-17)15-3-1-2-4-18(15)25;2-1-3/h1-4,8,12-14,24-25H,5-7,9-11H2,(H,20,26)(H,21,22);1H,(H,2,3)/t12-,13-,14-;/m0./s1. The summed E-state index contributed by atoms with van der Waals surface area (Å²) >= 11 is 0. The van der Waals surface area contributed by atoms with Gasteiger partial charge < -0.3 is 25.4 Å². The van der Waals surface area contributed by atoms with E-state index in [1.54, 1.807) is 24.3 Å². The quantitative estimate of drug-likeness (QED) is 0.439. The molecule has 2 saturated heterocycles. The zero-order chi connectivity index (χ0) is 21.5. The number of nitrogens with one attached hydrogen (secondary N) is 2. The van der Waals surface area contributed by atoms with Crippen molar-refractivity contribution in [2.45, 2.75) is 31.0 Å². The van der Waals surface area contributed by atoms with Crippen LogP contribution in [0.25, 0.3) is 11.3 Å². The van der Waals surface area contributed by atoms with Crippen LogP contribution in [-0.2, 0) is 9.53 Å². The molecule has 0 aliphatic carbocycles. The second-order valence-corrected chi connectivity index (χ2v) is 7.27. The van der Waals surface area contributed by atoms with Crippen molar-refractivity contribution in [1.82, 2.24) is 20.4 Å². The number of nitrogens with zero attached hydrogens (tertiary/aromatic N) is 2. The van der Waals surface area contributed by atoms with Crippen LogP contribution >= 0.6 is 0 Å². The molecule has 2 aliphatic rings. The van der Waals surface area contributed by atoms with Crippen LogP contribution in [-0.4, -0.2) is 87.3 Å². The molecule has 10 nitrogen and oxygen atoms in total. The predicted octanol–water partition coefficient (Wildman–Crippen LogP) is 0.437. The van der Waals surface area contributed by atoms with Gasteiger partial charge in [0.15, 0.2) is 0 Å². The average Bonchev–Trinajstić information content (AvgIpc) is 3.36. The van der Waals surface area contributed by atoms with Crippen LogP contribution in [0.15, 0.2) is 30.3 Å². The Balaban J connectivity index is 0.000000806. The van der Waals surface area contributed by atoms with E-state index in [9.17, 15) is 9.90 Å². The summed E-state index contributed by atoms with van der Waals surface area (Å²) in [5, 5.41) is 35.9. The van der Waals surface area contributed by atoms with E-state index in [0.29, 0.717) is 36.0 Å². The molecule has 3 atom stereocenters. The fourth-order valence-corrected chi connectivity index (χ4v) is 3.90. The number of aliphatic hydroxyl groups excluding tert-OH is 1. The maximum atomic E-state index is 12.6. The van der Waals surface area contributed by atoms with E-state index in [4.69, 9.17) is 19.7 Å². The number of hydrogen-bond donors (Lipinski definition) is 5. The molecule has 4 rings (SSSR count).